The largest absolute Gasteiger partial charge is 0.490 e. The highest BCUT2D eigenvalue weighted by molar-refractivity contribution is 5.73. The Balaban J connectivity index is 0.00000135. The number of rotatable bonds is 17. The molecule has 1 rings (SSSR count). The highest BCUT2D eigenvalue weighted by Crippen LogP contribution is 2.25. The van der Waals surface area contributed by atoms with Gasteiger partial charge in [-0.15, -0.1) is 0 Å². The average Bonchev–Trinajstić information content (AvgIpc) is 3.27. The standard InChI is InChI=1S/C23H47NO3.C2HF3O2/c1-3-5-7-9-10-11-12-14-21(24-17-16-20(18-24)19-25)23(27)22(26)15-13-8-6-4-2;3-2(4,5)1(6)7/h20-23,25-27H,3-19H2,1-2H3;(H,6,7)/t20-,21-,22-,23+;/m0./s1. The van der Waals surface area contributed by atoms with Crippen molar-refractivity contribution in [1.82, 2.24) is 4.90 Å². The van der Waals surface area contributed by atoms with Crippen molar-refractivity contribution in [2.75, 3.05) is 19.7 Å². The van der Waals surface area contributed by atoms with Gasteiger partial charge in [0.2, 0.25) is 0 Å². The van der Waals surface area contributed by atoms with E-state index in [4.69, 9.17) is 9.90 Å². The molecular weight excluding hydrogens is 451 g/mol. The van der Waals surface area contributed by atoms with Crippen LogP contribution in [0.5, 0.6) is 0 Å². The van der Waals surface area contributed by atoms with Crippen LogP contribution >= 0.6 is 0 Å². The second-order valence-corrected chi connectivity index (χ2v) is 9.52. The lowest BCUT2D eigenvalue weighted by Crippen LogP contribution is -2.48. The number of carboxylic acid groups (broad SMARTS) is 1. The molecule has 34 heavy (non-hydrogen) atoms. The predicted octanol–water partition coefficient (Wildman–Crippen LogP) is 5.14. The lowest BCUT2D eigenvalue weighted by Gasteiger charge is -2.34. The summed E-state index contributed by atoms with van der Waals surface area (Å²) >= 11 is 0. The molecule has 1 aliphatic heterocycles. The van der Waals surface area contributed by atoms with Crippen molar-refractivity contribution >= 4 is 5.97 Å². The number of aliphatic carboxylic acids is 1. The van der Waals surface area contributed by atoms with Gasteiger partial charge in [-0.05, 0) is 31.7 Å². The number of carbonyl (C=O) groups is 1. The molecule has 0 aliphatic carbocycles. The Kier molecular flexibility index (Phi) is 18.8. The summed E-state index contributed by atoms with van der Waals surface area (Å²) in [5.74, 6) is -2.43. The number of likely N-dealkylation sites (tertiary alicyclic amines) is 1. The quantitative estimate of drug-likeness (QED) is 0.207. The van der Waals surface area contributed by atoms with Gasteiger partial charge in [0, 0.05) is 19.2 Å². The van der Waals surface area contributed by atoms with Crippen LogP contribution in [0.1, 0.15) is 104 Å². The van der Waals surface area contributed by atoms with E-state index in [2.05, 4.69) is 18.7 Å². The van der Waals surface area contributed by atoms with Gasteiger partial charge in [0.25, 0.3) is 0 Å². The number of hydrogen-bond donors (Lipinski definition) is 4. The first-order valence-corrected chi connectivity index (χ1v) is 13.1. The second kappa shape index (κ2) is 19.3. The van der Waals surface area contributed by atoms with Gasteiger partial charge in [-0.2, -0.15) is 13.2 Å². The predicted molar refractivity (Wildman–Crippen MR) is 128 cm³/mol. The van der Waals surface area contributed by atoms with Crippen LogP contribution in [-0.2, 0) is 4.79 Å². The number of aliphatic hydroxyl groups excluding tert-OH is 3. The van der Waals surface area contributed by atoms with Crippen molar-refractivity contribution in [3.05, 3.63) is 0 Å². The van der Waals surface area contributed by atoms with Gasteiger partial charge in [-0.1, -0.05) is 84.5 Å². The Hall–Kier alpha value is -0.900. The van der Waals surface area contributed by atoms with Crippen molar-refractivity contribution in [3.8, 4) is 0 Å². The molecule has 9 heteroatoms. The lowest BCUT2D eigenvalue weighted by molar-refractivity contribution is -0.192. The van der Waals surface area contributed by atoms with Crippen LogP contribution in [0.25, 0.3) is 0 Å². The van der Waals surface area contributed by atoms with Gasteiger partial charge < -0.3 is 20.4 Å². The third-order valence-corrected chi connectivity index (χ3v) is 6.53. The van der Waals surface area contributed by atoms with Crippen molar-refractivity contribution in [2.24, 2.45) is 5.92 Å². The van der Waals surface area contributed by atoms with Gasteiger partial charge in [-0.25, -0.2) is 4.79 Å². The molecule has 6 nitrogen and oxygen atoms in total. The maximum Gasteiger partial charge on any atom is 0.490 e. The molecule has 204 valence electrons. The molecule has 0 spiro atoms. The molecule has 1 aliphatic rings. The van der Waals surface area contributed by atoms with Crippen LogP contribution in [0.15, 0.2) is 0 Å². The number of hydrogen-bond acceptors (Lipinski definition) is 5. The number of alkyl halides is 3. The first-order chi connectivity index (χ1) is 16.1. The smallest absolute Gasteiger partial charge is 0.475 e. The van der Waals surface area contributed by atoms with E-state index >= 15 is 0 Å². The minimum absolute atomic E-state index is 0.0402. The molecule has 4 atom stereocenters. The zero-order valence-corrected chi connectivity index (χ0v) is 21.1. The summed E-state index contributed by atoms with van der Waals surface area (Å²) < 4.78 is 31.7. The van der Waals surface area contributed by atoms with Crippen LogP contribution in [0.3, 0.4) is 0 Å². The van der Waals surface area contributed by atoms with E-state index in [0.29, 0.717) is 12.3 Å². The average molecular weight is 500 g/mol. The number of aliphatic hydroxyl groups is 3. The van der Waals surface area contributed by atoms with E-state index in [1.165, 1.54) is 51.4 Å². The highest BCUT2D eigenvalue weighted by Gasteiger charge is 2.38. The van der Waals surface area contributed by atoms with Crippen LogP contribution in [0.2, 0.25) is 0 Å². The summed E-state index contributed by atoms with van der Waals surface area (Å²) in [5, 5.41) is 38.0. The van der Waals surface area contributed by atoms with E-state index in [-0.39, 0.29) is 12.6 Å². The summed E-state index contributed by atoms with van der Waals surface area (Å²) in [6.45, 7) is 6.46. The highest BCUT2D eigenvalue weighted by atomic mass is 19.4. The van der Waals surface area contributed by atoms with Crippen LogP contribution in [0, 0.1) is 5.92 Å². The van der Waals surface area contributed by atoms with Gasteiger partial charge in [0.05, 0.1) is 12.2 Å². The maximum absolute atomic E-state index is 10.9. The topological polar surface area (TPSA) is 101 Å². The third-order valence-electron chi connectivity index (χ3n) is 6.53. The third kappa shape index (κ3) is 15.2. The Bertz CT molecular complexity index is 507. The molecular formula is C25H48F3NO5. The van der Waals surface area contributed by atoms with Crippen molar-refractivity contribution in [1.29, 1.82) is 0 Å². The van der Waals surface area contributed by atoms with Crippen molar-refractivity contribution in [3.63, 3.8) is 0 Å². The van der Waals surface area contributed by atoms with Crippen molar-refractivity contribution < 1.29 is 38.4 Å². The Morgan fingerprint density at radius 3 is 1.85 bits per heavy atom. The maximum atomic E-state index is 10.9. The Morgan fingerprint density at radius 1 is 0.912 bits per heavy atom. The van der Waals surface area contributed by atoms with Crippen LogP contribution in [0.4, 0.5) is 13.2 Å². The summed E-state index contributed by atoms with van der Waals surface area (Å²) in [6.07, 6.45) is 9.71. The SMILES string of the molecule is CCCCCCCCC[C@@H]([C@@H](O)[C@@H](O)CCCCCC)N1CC[C@H](CO)C1.O=C(O)C(F)(F)F. The monoisotopic (exact) mass is 499 g/mol. The van der Waals surface area contributed by atoms with Gasteiger partial charge in [0.15, 0.2) is 0 Å². The molecule has 0 amide bonds. The molecule has 0 aromatic heterocycles. The first-order valence-electron chi connectivity index (χ1n) is 13.1. The van der Waals surface area contributed by atoms with Gasteiger partial charge in [0.1, 0.15) is 0 Å². The number of carboxylic acids is 1. The zero-order valence-electron chi connectivity index (χ0n) is 21.1. The summed E-state index contributed by atoms with van der Waals surface area (Å²) in [5.41, 5.74) is 0. The summed E-state index contributed by atoms with van der Waals surface area (Å²) in [7, 11) is 0. The van der Waals surface area contributed by atoms with E-state index in [1.807, 2.05) is 0 Å². The summed E-state index contributed by atoms with van der Waals surface area (Å²) in [4.78, 5) is 11.2. The molecule has 4 N–H and O–H groups in total. The Morgan fingerprint density at radius 2 is 1.38 bits per heavy atom. The van der Waals surface area contributed by atoms with E-state index < -0.39 is 24.4 Å². The van der Waals surface area contributed by atoms with Gasteiger partial charge in [-0.3, -0.25) is 4.90 Å². The molecule has 1 saturated heterocycles. The molecule has 0 aromatic carbocycles. The zero-order chi connectivity index (χ0) is 26.0. The fraction of sp³-hybridized carbons (Fsp3) is 0.960. The Labute approximate surface area is 203 Å². The normalized spacial score (nSPS) is 19.4. The number of halogens is 3. The molecule has 0 unspecified atom stereocenters. The second-order valence-electron chi connectivity index (χ2n) is 9.52. The first kappa shape index (κ1) is 33.1. The van der Waals surface area contributed by atoms with Gasteiger partial charge >= 0.3 is 12.1 Å². The molecule has 1 heterocycles. The molecule has 0 radical (unpaired) electrons. The van der Waals surface area contributed by atoms with Crippen molar-refractivity contribution in [2.45, 2.75) is 128 Å². The van der Waals surface area contributed by atoms with Crippen LogP contribution < -0.4 is 0 Å². The molecule has 0 aromatic rings. The summed E-state index contributed by atoms with van der Waals surface area (Å²) in [6, 6.07) is 0.0402. The minimum Gasteiger partial charge on any atom is -0.475 e. The van der Waals surface area contributed by atoms with E-state index in [0.717, 1.165) is 45.2 Å². The lowest BCUT2D eigenvalue weighted by atomic mass is 9.94. The number of nitrogens with zero attached hydrogens (tertiary/aromatic N) is 1. The molecule has 0 bridgehead atoms. The van der Waals surface area contributed by atoms with E-state index in [1.54, 1.807) is 0 Å². The fourth-order valence-corrected chi connectivity index (χ4v) is 4.40. The molecule has 1 fully saturated rings. The fourth-order valence-electron chi connectivity index (χ4n) is 4.40. The molecule has 0 saturated carbocycles. The van der Waals surface area contributed by atoms with E-state index in [9.17, 15) is 28.5 Å². The van der Waals surface area contributed by atoms with Crippen LogP contribution in [-0.4, -0.2) is 75.4 Å². The minimum atomic E-state index is -5.08. The number of unbranched alkanes of at least 4 members (excludes halogenated alkanes) is 9.